The maximum absolute atomic E-state index is 12.3. The molecule has 0 aliphatic carbocycles. The number of rotatable bonds is 3. The zero-order valence-electron chi connectivity index (χ0n) is 12.9. The molecular weight excluding hydrogens is 294 g/mol. The summed E-state index contributed by atoms with van der Waals surface area (Å²) in [4.78, 5) is 24.3. The molecule has 2 aromatic rings. The third-order valence-corrected chi connectivity index (χ3v) is 4.20. The number of carbonyl (C=O) groups is 2. The van der Waals surface area contributed by atoms with E-state index in [0.717, 1.165) is 15.8 Å². The van der Waals surface area contributed by atoms with Crippen LogP contribution in [0.25, 0.3) is 10.8 Å². The zero-order valence-corrected chi connectivity index (χ0v) is 12.9. The highest BCUT2D eigenvalue weighted by Crippen LogP contribution is 2.26. The second-order valence-corrected chi connectivity index (χ2v) is 5.70. The van der Waals surface area contributed by atoms with E-state index in [-0.39, 0.29) is 5.75 Å². The smallest absolute Gasteiger partial charge is 0.346 e. The van der Waals surface area contributed by atoms with Crippen molar-refractivity contribution in [2.75, 3.05) is 0 Å². The third-order valence-electron chi connectivity index (χ3n) is 4.20. The first-order valence-electron chi connectivity index (χ1n) is 7.37. The van der Waals surface area contributed by atoms with Crippen molar-refractivity contribution < 1.29 is 14.7 Å². The molecule has 0 spiro atoms. The average molecular weight is 311 g/mol. The Hall–Kier alpha value is -2.89. The molecule has 2 aromatic carbocycles. The van der Waals surface area contributed by atoms with Gasteiger partial charge in [0.15, 0.2) is 0 Å². The minimum Gasteiger partial charge on any atom is -0.507 e. The Morgan fingerprint density at radius 2 is 2.00 bits per heavy atom. The van der Waals surface area contributed by atoms with Gasteiger partial charge in [-0.3, -0.25) is 4.79 Å². The van der Waals surface area contributed by atoms with Crippen molar-refractivity contribution in [1.82, 2.24) is 10.3 Å². The fourth-order valence-electron chi connectivity index (χ4n) is 2.55. The molecule has 0 bridgehead atoms. The highest BCUT2D eigenvalue weighted by molar-refractivity contribution is 6.08. The molecule has 0 saturated carbocycles. The number of urea groups is 1. The molecule has 3 rings (SSSR count). The second kappa shape index (κ2) is 5.39. The van der Waals surface area contributed by atoms with Gasteiger partial charge in [-0.1, -0.05) is 37.3 Å². The van der Waals surface area contributed by atoms with Crippen molar-refractivity contribution in [3.8, 4) is 5.75 Å². The van der Waals surface area contributed by atoms with Gasteiger partial charge in [0, 0.05) is 5.56 Å². The number of phenols is 1. The van der Waals surface area contributed by atoms with Crippen molar-refractivity contribution in [1.29, 1.82) is 0 Å². The first-order valence-corrected chi connectivity index (χ1v) is 7.37. The Kier molecular flexibility index (Phi) is 3.52. The monoisotopic (exact) mass is 311 g/mol. The SMILES string of the molecule is CCC1(C)NC(=O)N(N=Cc2c(O)ccc3ccccc23)C1=O. The summed E-state index contributed by atoms with van der Waals surface area (Å²) < 4.78 is 0. The molecule has 1 atom stereocenters. The number of hydrogen-bond donors (Lipinski definition) is 2. The molecule has 6 heteroatoms. The normalized spacial score (nSPS) is 21.4. The standard InChI is InChI=1S/C17H17N3O3/c1-3-17(2)15(22)20(16(23)19-17)18-10-13-12-7-5-4-6-11(12)8-9-14(13)21/h4-10,21H,3H2,1-2H3,(H,19,23). The summed E-state index contributed by atoms with van der Waals surface area (Å²) in [5.41, 5.74) is -0.469. The molecule has 6 nitrogen and oxygen atoms in total. The highest BCUT2D eigenvalue weighted by Gasteiger charge is 2.46. The van der Waals surface area contributed by atoms with E-state index in [1.54, 1.807) is 19.1 Å². The molecule has 118 valence electrons. The molecule has 1 aliphatic heterocycles. The third kappa shape index (κ3) is 2.42. The first-order chi connectivity index (χ1) is 11.0. The number of aromatic hydroxyl groups is 1. The predicted molar refractivity (Wildman–Crippen MR) is 87.3 cm³/mol. The van der Waals surface area contributed by atoms with Gasteiger partial charge in [0.25, 0.3) is 5.91 Å². The predicted octanol–water partition coefficient (Wildman–Crippen LogP) is 2.60. The quantitative estimate of drug-likeness (QED) is 0.675. The summed E-state index contributed by atoms with van der Waals surface area (Å²) >= 11 is 0. The summed E-state index contributed by atoms with van der Waals surface area (Å²) in [5, 5.41) is 19.2. The summed E-state index contributed by atoms with van der Waals surface area (Å²) in [5.74, 6) is -0.362. The fourth-order valence-corrected chi connectivity index (χ4v) is 2.55. The van der Waals surface area contributed by atoms with Crippen LogP contribution in [-0.4, -0.2) is 33.8 Å². The van der Waals surface area contributed by atoms with Gasteiger partial charge < -0.3 is 10.4 Å². The number of carbonyl (C=O) groups excluding carboxylic acids is 2. The molecule has 23 heavy (non-hydrogen) atoms. The number of benzene rings is 2. The highest BCUT2D eigenvalue weighted by atomic mass is 16.3. The van der Waals surface area contributed by atoms with Crippen LogP contribution in [0.1, 0.15) is 25.8 Å². The number of hydrazone groups is 1. The van der Waals surface area contributed by atoms with E-state index in [1.165, 1.54) is 6.21 Å². The van der Waals surface area contributed by atoms with Gasteiger partial charge in [0.2, 0.25) is 0 Å². The number of nitrogens with zero attached hydrogens (tertiary/aromatic N) is 2. The Bertz CT molecular complexity index is 831. The molecule has 1 heterocycles. The van der Waals surface area contributed by atoms with Gasteiger partial charge >= 0.3 is 6.03 Å². The minimum atomic E-state index is -0.935. The van der Waals surface area contributed by atoms with Crippen LogP contribution in [-0.2, 0) is 4.79 Å². The van der Waals surface area contributed by atoms with E-state index < -0.39 is 17.5 Å². The Morgan fingerprint density at radius 3 is 2.70 bits per heavy atom. The van der Waals surface area contributed by atoms with Crippen LogP contribution < -0.4 is 5.32 Å². The summed E-state index contributed by atoms with van der Waals surface area (Å²) in [7, 11) is 0. The number of imide groups is 1. The van der Waals surface area contributed by atoms with Crippen LogP contribution >= 0.6 is 0 Å². The first kappa shape index (κ1) is 15.0. The lowest BCUT2D eigenvalue weighted by Gasteiger charge is -2.17. The van der Waals surface area contributed by atoms with E-state index in [9.17, 15) is 14.7 Å². The zero-order chi connectivity index (χ0) is 16.6. The van der Waals surface area contributed by atoms with Gasteiger partial charge in [0.1, 0.15) is 11.3 Å². The number of amides is 3. The van der Waals surface area contributed by atoms with Gasteiger partial charge in [-0.25, -0.2) is 4.79 Å². The molecule has 1 saturated heterocycles. The maximum atomic E-state index is 12.3. The van der Waals surface area contributed by atoms with Crippen molar-refractivity contribution in [2.24, 2.45) is 5.10 Å². The van der Waals surface area contributed by atoms with Gasteiger partial charge in [-0.2, -0.15) is 5.10 Å². The average Bonchev–Trinajstić information content (AvgIpc) is 2.77. The number of phenolic OH excluding ortho intramolecular Hbond substituents is 1. The summed E-state index contributed by atoms with van der Waals surface area (Å²) in [6.45, 7) is 3.49. The summed E-state index contributed by atoms with van der Waals surface area (Å²) in [6, 6.07) is 10.3. The Balaban J connectivity index is 2.00. The fraction of sp³-hybridized carbons (Fsp3) is 0.235. The molecule has 2 N–H and O–H groups in total. The number of fused-ring (bicyclic) bond motifs is 1. The van der Waals surface area contributed by atoms with Crippen molar-refractivity contribution >= 4 is 28.9 Å². The van der Waals surface area contributed by atoms with Gasteiger partial charge in [-0.05, 0) is 30.2 Å². The van der Waals surface area contributed by atoms with Gasteiger partial charge in [-0.15, -0.1) is 5.01 Å². The molecule has 0 aromatic heterocycles. The molecule has 1 aliphatic rings. The molecule has 1 fully saturated rings. The van der Waals surface area contributed by atoms with Crippen LogP contribution in [0.2, 0.25) is 0 Å². The lowest BCUT2D eigenvalue weighted by Crippen LogP contribution is -2.42. The maximum Gasteiger partial charge on any atom is 0.346 e. The topological polar surface area (TPSA) is 82.0 Å². The van der Waals surface area contributed by atoms with Crippen LogP contribution in [0, 0.1) is 0 Å². The van der Waals surface area contributed by atoms with Crippen LogP contribution in [0.5, 0.6) is 5.75 Å². The van der Waals surface area contributed by atoms with E-state index in [4.69, 9.17) is 0 Å². The summed E-state index contributed by atoms with van der Waals surface area (Å²) in [6.07, 6.45) is 1.82. The van der Waals surface area contributed by atoms with Crippen molar-refractivity contribution in [3.05, 3.63) is 42.0 Å². The minimum absolute atomic E-state index is 0.0396. The number of hydrogen-bond acceptors (Lipinski definition) is 4. The van der Waals surface area contributed by atoms with Crippen molar-refractivity contribution in [3.63, 3.8) is 0 Å². The van der Waals surface area contributed by atoms with Gasteiger partial charge in [0.05, 0.1) is 6.21 Å². The van der Waals surface area contributed by atoms with Crippen LogP contribution in [0.4, 0.5) is 4.79 Å². The van der Waals surface area contributed by atoms with Crippen LogP contribution in [0.3, 0.4) is 0 Å². The van der Waals surface area contributed by atoms with Crippen molar-refractivity contribution in [2.45, 2.75) is 25.8 Å². The Morgan fingerprint density at radius 1 is 1.26 bits per heavy atom. The lowest BCUT2D eigenvalue weighted by molar-refractivity contribution is -0.130. The molecule has 0 radical (unpaired) electrons. The van der Waals surface area contributed by atoms with E-state index in [2.05, 4.69) is 10.4 Å². The lowest BCUT2D eigenvalue weighted by atomic mass is 10.00. The van der Waals surface area contributed by atoms with E-state index in [1.807, 2.05) is 31.2 Å². The largest absolute Gasteiger partial charge is 0.507 e. The van der Waals surface area contributed by atoms with E-state index >= 15 is 0 Å². The molecule has 1 unspecified atom stereocenters. The second-order valence-electron chi connectivity index (χ2n) is 5.70. The molecular formula is C17H17N3O3. The van der Waals surface area contributed by atoms with E-state index in [0.29, 0.717) is 12.0 Å². The molecule has 3 amide bonds. The van der Waals surface area contributed by atoms with Crippen LogP contribution in [0.15, 0.2) is 41.5 Å². The number of nitrogens with one attached hydrogen (secondary N) is 1. The Labute approximate surface area is 133 Å².